The summed E-state index contributed by atoms with van der Waals surface area (Å²) < 4.78 is 27.0. The molecule has 0 radical (unpaired) electrons. The molecule has 37 heavy (non-hydrogen) atoms. The van der Waals surface area contributed by atoms with Gasteiger partial charge in [0.05, 0.1) is 0 Å². The van der Waals surface area contributed by atoms with Crippen LogP contribution in [0.5, 0.6) is 0 Å². The zero-order valence-corrected chi connectivity index (χ0v) is 23.7. The highest BCUT2D eigenvalue weighted by Crippen LogP contribution is 2.10. The van der Waals surface area contributed by atoms with Gasteiger partial charge in [0.15, 0.2) is 11.6 Å². The third kappa shape index (κ3) is 14.2. The van der Waals surface area contributed by atoms with E-state index in [4.69, 9.17) is 0 Å². The molecule has 0 aliphatic rings. The predicted octanol–water partition coefficient (Wildman–Crippen LogP) is 9.80. The molecule has 4 heteroatoms. The van der Waals surface area contributed by atoms with E-state index in [0.29, 0.717) is 0 Å². The second-order valence-corrected chi connectivity index (χ2v) is 7.89. The predicted molar refractivity (Wildman–Crippen MR) is 158 cm³/mol. The highest BCUT2D eigenvalue weighted by atomic mass is 19.2. The first kappa shape index (κ1) is 33.7. The molecule has 0 amide bonds. The molecule has 1 aromatic heterocycles. The lowest BCUT2D eigenvalue weighted by molar-refractivity contribution is 0.507. The number of allylic oxidation sites excluding steroid dienone is 4. The summed E-state index contributed by atoms with van der Waals surface area (Å²) in [6.45, 7) is 17.1. The van der Waals surface area contributed by atoms with Crippen LogP contribution in [0, 0.1) is 11.6 Å². The average molecular weight is 509 g/mol. The molecule has 0 N–H and O–H groups in total. The Morgan fingerprint density at radius 1 is 0.811 bits per heavy atom. The zero-order valence-electron chi connectivity index (χ0n) is 23.7. The van der Waals surface area contributed by atoms with Gasteiger partial charge in [-0.1, -0.05) is 115 Å². The molecule has 3 rings (SSSR count). The lowest BCUT2D eigenvalue weighted by atomic mass is 10.2. The molecule has 0 fully saturated rings. The lowest BCUT2D eigenvalue weighted by Crippen LogP contribution is -2.04. The normalized spacial score (nSPS) is 10.2. The van der Waals surface area contributed by atoms with Gasteiger partial charge in [-0.05, 0) is 55.0 Å². The molecule has 202 valence electrons. The maximum absolute atomic E-state index is 12.4. The molecule has 0 saturated carbocycles. The van der Waals surface area contributed by atoms with Gasteiger partial charge in [0.1, 0.15) is 5.82 Å². The van der Waals surface area contributed by atoms with Crippen molar-refractivity contribution in [3.8, 4) is 0 Å². The van der Waals surface area contributed by atoms with Crippen molar-refractivity contribution in [2.24, 2.45) is 0 Å². The number of hydrogen-bond donors (Lipinski definition) is 0. The molecule has 0 aliphatic carbocycles. The summed E-state index contributed by atoms with van der Waals surface area (Å²) in [6.07, 6.45) is 17.0. The zero-order chi connectivity index (χ0) is 27.9. The van der Waals surface area contributed by atoms with Gasteiger partial charge >= 0.3 is 0 Å². The van der Waals surface area contributed by atoms with Crippen LogP contribution in [0.3, 0.4) is 0 Å². The van der Waals surface area contributed by atoms with Crippen LogP contribution in [0.25, 0.3) is 6.08 Å². The summed E-state index contributed by atoms with van der Waals surface area (Å²) >= 11 is 0. The van der Waals surface area contributed by atoms with E-state index in [0.717, 1.165) is 43.3 Å². The highest BCUT2D eigenvalue weighted by Gasteiger charge is 2.04. The standard InChI is InChI=1S/C15H22N2.C8H8F2.C8H10.C2H6/c1-4-7-9-10-11-15-16-13-14(6-3)17(15)12-8-5-2;1-2-6-3-4-7(9)8(10)5-6;1-2-8-6-4-3-5-7-8;1-2/h4,7,9-11,13H,1,5-6,8,12H2,2-3H3;3-5H,2H2,1H3;3-7H,2H2,1H3;1-2H3/b9-7-,11-10+;;;. The van der Waals surface area contributed by atoms with E-state index in [-0.39, 0.29) is 0 Å². The Kier molecular flexibility index (Phi) is 20.0. The number of benzene rings is 2. The van der Waals surface area contributed by atoms with Crippen LogP contribution < -0.4 is 0 Å². The van der Waals surface area contributed by atoms with Crippen molar-refractivity contribution >= 4 is 6.08 Å². The van der Waals surface area contributed by atoms with Crippen molar-refractivity contribution < 1.29 is 8.78 Å². The molecule has 2 aromatic carbocycles. The van der Waals surface area contributed by atoms with Gasteiger partial charge in [-0.2, -0.15) is 0 Å². The van der Waals surface area contributed by atoms with Crippen LogP contribution in [0.4, 0.5) is 8.78 Å². The van der Waals surface area contributed by atoms with Crippen molar-refractivity contribution in [1.29, 1.82) is 0 Å². The Labute approximate surface area is 224 Å². The fraction of sp³-hybridized carbons (Fsp3) is 0.364. The Balaban J connectivity index is 0.000000549. The summed E-state index contributed by atoms with van der Waals surface area (Å²) in [5, 5.41) is 0. The quantitative estimate of drug-likeness (QED) is 0.263. The van der Waals surface area contributed by atoms with Gasteiger partial charge in [0.2, 0.25) is 0 Å². The van der Waals surface area contributed by atoms with Gasteiger partial charge < -0.3 is 4.57 Å². The van der Waals surface area contributed by atoms with Gasteiger partial charge in [0.25, 0.3) is 0 Å². The highest BCUT2D eigenvalue weighted by molar-refractivity contribution is 5.44. The monoisotopic (exact) mass is 508 g/mol. The summed E-state index contributed by atoms with van der Waals surface area (Å²) in [7, 11) is 0. The van der Waals surface area contributed by atoms with E-state index in [9.17, 15) is 8.78 Å². The smallest absolute Gasteiger partial charge is 0.159 e. The second-order valence-electron chi connectivity index (χ2n) is 7.89. The first-order chi connectivity index (χ1) is 18.0. The van der Waals surface area contributed by atoms with E-state index in [1.54, 1.807) is 12.1 Å². The molecule has 0 aliphatic heterocycles. The van der Waals surface area contributed by atoms with Crippen LogP contribution in [0.15, 0.2) is 85.6 Å². The molecule has 0 bridgehead atoms. The number of aromatic nitrogens is 2. The third-order valence-corrected chi connectivity index (χ3v) is 5.31. The molecule has 0 spiro atoms. The first-order valence-electron chi connectivity index (χ1n) is 13.5. The number of hydrogen-bond acceptors (Lipinski definition) is 1. The van der Waals surface area contributed by atoms with Gasteiger partial charge in [0, 0.05) is 18.4 Å². The Bertz CT molecular complexity index is 1030. The average Bonchev–Trinajstić information content (AvgIpc) is 3.35. The van der Waals surface area contributed by atoms with Gasteiger partial charge in [-0.3, -0.25) is 0 Å². The summed E-state index contributed by atoms with van der Waals surface area (Å²) in [5.74, 6) is -0.499. The maximum Gasteiger partial charge on any atom is 0.159 e. The van der Waals surface area contributed by atoms with E-state index >= 15 is 0 Å². The number of halogens is 2. The summed E-state index contributed by atoms with van der Waals surface area (Å²) in [6, 6.07) is 14.4. The van der Waals surface area contributed by atoms with Crippen LogP contribution in [-0.4, -0.2) is 9.55 Å². The molecule has 0 saturated heterocycles. The fourth-order valence-electron chi connectivity index (χ4n) is 3.17. The first-order valence-corrected chi connectivity index (χ1v) is 13.5. The molecule has 2 nitrogen and oxygen atoms in total. The number of rotatable bonds is 9. The lowest BCUT2D eigenvalue weighted by Gasteiger charge is -2.07. The maximum atomic E-state index is 12.4. The fourth-order valence-corrected chi connectivity index (χ4v) is 3.17. The van der Waals surface area contributed by atoms with Crippen LogP contribution in [0.2, 0.25) is 0 Å². The molecule has 1 heterocycles. The molecule has 3 aromatic rings. The van der Waals surface area contributed by atoms with Crippen molar-refractivity contribution in [1.82, 2.24) is 9.55 Å². The van der Waals surface area contributed by atoms with Crippen LogP contribution in [-0.2, 0) is 25.8 Å². The van der Waals surface area contributed by atoms with Crippen LogP contribution >= 0.6 is 0 Å². The van der Waals surface area contributed by atoms with E-state index in [1.807, 2.05) is 51.3 Å². The topological polar surface area (TPSA) is 17.8 Å². The summed E-state index contributed by atoms with van der Waals surface area (Å²) in [5.41, 5.74) is 3.54. The second kappa shape index (κ2) is 22.0. The Morgan fingerprint density at radius 3 is 2.00 bits per heavy atom. The van der Waals surface area contributed by atoms with E-state index in [1.165, 1.54) is 30.2 Å². The minimum Gasteiger partial charge on any atom is -0.329 e. The van der Waals surface area contributed by atoms with Crippen LogP contribution in [0.1, 0.15) is 77.0 Å². The number of nitrogens with zero attached hydrogens (tertiary/aromatic N) is 2. The van der Waals surface area contributed by atoms with Crippen molar-refractivity contribution in [2.45, 2.75) is 80.2 Å². The number of unbranched alkanes of at least 4 members (excludes halogenated alkanes) is 1. The van der Waals surface area contributed by atoms with Crippen molar-refractivity contribution in [2.75, 3.05) is 0 Å². The number of imidazole rings is 1. The minimum atomic E-state index is -0.780. The molecular formula is C33H46F2N2. The SMILES string of the molecule is C=C/C=C\C=C\c1ncc(CC)n1CCCC.CC.CCc1ccc(F)c(F)c1.CCc1ccccc1. The Morgan fingerprint density at radius 2 is 1.49 bits per heavy atom. The van der Waals surface area contributed by atoms with Crippen molar-refractivity contribution in [3.05, 3.63) is 120 Å². The number of aryl methyl sites for hydroxylation is 3. The van der Waals surface area contributed by atoms with Gasteiger partial charge in [-0.25, -0.2) is 13.8 Å². The van der Waals surface area contributed by atoms with E-state index in [2.05, 4.69) is 67.2 Å². The minimum absolute atomic E-state index is 0.733. The van der Waals surface area contributed by atoms with Crippen molar-refractivity contribution in [3.63, 3.8) is 0 Å². The molecule has 0 atom stereocenters. The van der Waals surface area contributed by atoms with E-state index < -0.39 is 11.6 Å². The largest absolute Gasteiger partial charge is 0.329 e. The third-order valence-electron chi connectivity index (χ3n) is 5.31. The molecular weight excluding hydrogens is 462 g/mol. The molecule has 0 unspecified atom stereocenters. The van der Waals surface area contributed by atoms with Gasteiger partial charge in [-0.15, -0.1) is 0 Å². The summed E-state index contributed by atoms with van der Waals surface area (Å²) in [4.78, 5) is 4.45. The Hall–Kier alpha value is -3.27.